The molecule has 0 spiro atoms. The smallest absolute Gasteiger partial charge is 0.333 e. The predicted molar refractivity (Wildman–Crippen MR) is 108 cm³/mol. The highest BCUT2D eigenvalue weighted by Gasteiger charge is 2.55. The molecule has 1 unspecified atom stereocenters. The zero-order chi connectivity index (χ0) is 18.6. The van der Waals surface area contributed by atoms with Crippen LogP contribution >= 0.6 is 22.6 Å². The van der Waals surface area contributed by atoms with Crippen molar-refractivity contribution in [1.82, 2.24) is 0 Å². The fourth-order valence-electron chi connectivity index (χ4n) is 3.33. The Kier molecular flexibility index (Phi) is 7.53. The van der Waals surface area contributed by atoms with Gasteiger partial charge >= 0.3 is 11.9 Å². The molecule has 1 saturated carbocycles. The second kappa shape index (κ2) is 8.34. The Morgan fingerprint density at radius 1 is 1.17 bits per heavy atom. The van der Waals surface area contributed by atoms with Crippen LogP contribution < -0.4 is 0 Å². The van der Waals surface area contributed by atoms with Crippen LogP contribution in [-0.4, -0.2) is 36.6 Å². The van der Waals surface area contributed by atoms with Gasteiger partial charge in [0.05, 0.1) is 21.3 Å². The zero-order valence-corrected chi connectivity index (χ0v) is 18.8. The molecule has 1 atom stereocenters. The van der Waals surface area contributed by atoms with Crippen LogP contribution in [0.1, 0.15) is 46.0 Å². The van der Waals surface area contributed by atoms with Crippen LogP contribution in [0.2, 0.25) is 24.7 Å². The molecule has 0 bridgehead atoms. The van der Waals surface area contributed by atoms with Gasteiger partial charge in [-0.1, -0.05) is 67.2 Å². The van der Waals surface area contributed by atoms with Gasteiger partial charge in [0, 0.05) is 0 Å². The first-order valence-electron chi connectivity index (χ1n) is 8.76. The summed E-state index contributed by atoms with van der Waals surface area (Å²) in [7, 11) is -1.29. The Morgan fingerprint density at radius 2 is 1.62 bits per heavy atom. The number of hydrogen-bond donors (Lipinski definition) is 0. The summed E-state index contributed by atoms with van der Waals surface area (Å²) in [5.41, 5.74) is 1.39. The number of esters is 2. The Hall–Kier alpha value is -0.373. The maximum Gasteiger partial charge on any atom is 0.333 e. The van der Waals surface area contributed by atoms with Crippen LogP contribution in [0, 0.1) is 0 Å². The maximum absolute atomic E-state index is 12.3. The molecule has 0 aromatic rings. The lowest BCUT2D eigenvalue weighted by molar-refractivity contribution is -0.158. The highest BCUT2D eigenvalue weighted by atomic mass is 127. The van der Waals surface area contributed by atoms with Gasteiger partial charge in [0.2, 0.25) is 3.42 Å². The molecule has 0 N–H and O–H groups in total. The molecule has 0 saturated heterocycles. The summed E-state index contributed by atoms with van der Waals surface area (Å²) in [5, 5.41) is 0.356. The van der Waals surface area contributed by atoms with Crippen molar-refractivity contribution in [2.24, 2.45) is 0 Å². The molecule has 6 heteroatoms. The summed E-state index contributed by atoms with van der Waals surface area (Å²) in [6.45, 7) is 15.4. The molecule has 1 aliphatic rings. The van der Waals surface area contributed by atoms with Crippen LogP contribution in [0.15, 0.2) is 12.2 Å². The van der Waals surface area contributed by atoms with Gasteiger partial charge in [-0.25, -0.2) is 9.59 Å². The fraction of sp³-hybridized carbons (Fsp3) is 0.778. The third kappa shape index (κ3) is 4.62. The van der Waals surface area contributed by atoms with Crippen molar-refractivity contribution in [3.8, 4) is 0 Å². The summed E-state index contributed by atoms with van der Waals surface area (Å²) < 4.78 is 8.98. The van der Waals surface area contributed by atoms with E-state index < -0.39 is 23.4 Å². The Morgan fingerprint density at radius 3 is 1.96 bits per heavy atom. The Balaban J connectivity index is 2.65. The highest BCUT2D eigenvalue weighted by molar-refractivity contribution is 14.1. The average molecular weight is 466 g/mol. The van der Waals surface area contributed by atoms with Crippen LogP contribution in [0.3, 0.4) is 0 Å². The largest absolute Gasteiger partial charge is 0.465 e. The topological polar surface area (TPSA) is 52.6 Å². The zero-order valence-electron chi connectivity index (χ0n) is 15.7. The number of halogens is 1. The predicted octanol–water partition coefficient (Wildman–Crippen LogP) is 4.89. The number of carbonyl (C=O) groups excluding carboxylic acids is 2. The van der Waals surface area contributed by atoms with Crippen LogP contribution in [0.4, 0.5) is 0 Å². The first-order chi connectivity index (χ1) is 11.0. The standard InChI is InChI=1S/C18H31IO4Si/c1-7-22-15(20)18(19,16(21)23-8-2)12-10-9-11-17(13-14(17)3)24(4,5)6/h3,7-13H2,1-2,4-6H3. The minimum Gasteiger partial charge on any atom is -0.465 e. The number of hydrogen-bond acceptors (Lipinski definition) is 4. The van der Waals surface area contributed by atoms with Gasteiger partial charge in [0.15, 0.2) is 0 Å². The second-order valence-corrected chi connectivity index (χ2v) is 14.9. The van der Waals surface area contributed by atoms with Gasteiger partial charge < -0.3 is 9.47 Å². The number of rotatable bonds is 10. The summed E-state index contributed by atoms with van der Waals surface area (Å²) in [5.74, 6) is -0.973. The first kappa shape index (κ1) is 21.7. The minimum absolute atomic E-state index is 0.265. The molecule has 4 nitrogen and oxygen atoms in total. The van der Waals surface area contributed by atoms with E-state index in [0.29, 0.717) is 11.5 Å². The minimum atomic E-state index is -1.29. The number of allylic oxidation sites excluding steroid dienone is 1. The third-order valence-electron chi connectivity index (χ3n) is 5.08. The third-order valence-corrected chi connectivity index (χ3v) is 10.1. The number of ether oxygens (including phenoxy) is 2. The van der Waals surface area contributed by atoms with Crippen molar-refractivity contribution >= 4 is 42.6 Å². The molecule has 1 aliphatic carbocycles. The molecule has 0 radical (unpaired) electrons. The quantitative estimate of drug-likeness (QED) is 0.0876. The van der Waals surface area contributed by atoms with Crippen molar-refractivity contribution in [3.05, 3.63) is 12.2 Å². The van der Waals surface area contributed by atoms with E-state index in [1.54, 1.807) is 13.8 Å². The molecule has 0 amide bonds. The molecule has 1 fully saturated rings. The monoisotopic (exact) mass is 466 g/mol. The Labute approximate surface area is 160 Å². The van der Waals surface area contributed by atoms with E-state index in [1.165, 1.54) is 5.57 Å². The van der Waals surface area contributed by atoms with Gasteiger partial charge in [0.1, 0.15) is 0 Å². The summed E-state index contributed by atoms with van der Waals surface area (Å²) in [6, 6.07) is 0. The number of unbranched alkanes of at least 4 members (excludes halogenated alkanes) is 1. The summed E-state index contributed by atoms with van der Waals surface area (Å²) in [4.78, 5) is 24.5. The Bertz CT molecular complexity index is 480. The first-order valence-corrected chi connectivity index (χ1v) is 13.3. The lowest BCUT2D eigenvalue weighted by Gasteiger charge is -2.29. The van der Waals surface area contributed by atoms with E-state index in [0.717, 1.165) is 25.7 Å². The van der Waals surface area contributed by atoms with E-state index in [-0.39, 0.29) is 13.2 Å². The van der Waals surface area contributed by atoms with E-state index in [9.17, 15) is 9.59 Å². The SMILES string of the molecule is C=C1CC1(CCCCC(I)(C(=O)OCC)C(=O)OCC)[Si](C)(C)C. The maximum atomic E-state index is 12.3. The van der Waals surface area contributed by atoms with Gasteiger partial charge in [-0.15, -0.1) is 0 Å². The lowest BCUT2D eigenvalue weighted by atomic mass is 10.00. The fourth-order valence-corrected chi connectivity index (χ4v) is 6.75. The van der Waals surface area contributed by atoms with Gasteiger partial charge in [-0.05, 0) is 38.1 Å². The summed E-state index contributed by atoms with van der Waals surface area (Å²) in [6.07, 6.45) is 4.51. The second-order valence-electron chi connectivity index (χ2n) is 7.56. The van der Waals surface area contributed by atoms with E-state index in [1.807, 2.05) is 22.6 Å². The van der Waals surface area contributed by atoms with Crippen LogP contribution in [0.5, 0.6) is 0 Å². The molecule has 0 heterocycles. The van der Waals surface area contributed by atoms with Crippen molar-refractivity contribution in [1.29, 1.82) is 0 Å². The van der Waals surface area contributed by atoms with Gasteiger partial charge in [0.25, 0.3) is 0 Å². The van der Waals surface area contributed by atoms with E-state index in [4.69, 9.17) is 9.47 Å². The van der Waals surface area contributed by atoms with Gasteiger partial charge in [-0.3, -0.25) is 0 Å². The average Bonchev–Trinajstić information content (AvgIpc) is 3.15. The lowest BCUT2D eigenvalue weighted by Crippen LogP contribution is -2.43. The normalized spacial score (nSPS) is 20.7. The molecular weight excluding hydrogens is 435 g/mol. The van der Waals surface area contributed by atoms with Crippen molar-refractivity contribution in [2.75, 3.05) is 13.2 Å². The van der Waals surface area contributed by atoms with Crippen molar-refractivity contribution in [2.45, 2.75) is 74.1 Å². The van der Waals surface area contributed by atoms with Crippen molar-refractivity contribution in [3.63, 3.8) is 0 Å². The molecule has 1 rings (SSSR count). The van der Waals surface area contributed by atoms with Gasteiger partial charge in [-0.2, -0.15) is 0 Å². The molecule has 0 aromatic carbocycles. The molecular formula is C18H31IO4Si. The van der Waals surface area contributed by atoms with E-state index in [2.05, 4.69) is 26.2 Å². The summed E-state index contributed by atoms with van der Waals surface area (Å²) >= 11 is 1.91. The van der Waals surface area contributed by atoms with Crippen LogP contribution in [0.25, 0.3) is 0 Å². The number of carbonyl (C=O) groups is 2. The molecule has 24 heavy (non-hydrogen) atoms. The molecule has 0 aromatic heterocycles. The highest BCUT2D eigenvalue weighted by Crippen LogP contribution is 2.67. The number of alkyl halides is 1. The van der Waals surface area contributed by atoms with Crippen LogP contribution in [-0.2, 0) is 19.1 Å². The molecule has 138 valence electrons. The van der Waals surface area contributed by atoms with E-state index >= 15 is 0 Å². The van der Waals surface area contributed by atoms with Crippen molar-refractivity contribution < 1.29 is 19.1 Å². The molecule has 0 aliphatic heterocycles.